The number of nitrogens with zero attached hydrogens (tertiary/aromatic N) is 1. The molecular weight excluding hydrogens is 402 g/mol. The molecule has 0 aliphatic carbocycles. The van der Waals surface area contributed by atoms with Gasteiger partial charge in [0.15, 0.2) is 0 Å². The Morgan fingerprint density at radius 3 is 2.82 bits per heavy atom. The molecule has 0 aromatic carbocycles. The van der Waals surface area contributed by atoms with E-state index >= 15 is 0 Å². The van der Waals surface area contributed by atoms with Gasteiger partial charge in [0.05, 0.1) is 30.2 Å². The Balaban J connectivity index is 0.00000192. The summed E-state index contributed by atoms with van der Waals surface area (Å²) in [7, 11) is 0. The maximum absolute atomic E-state index is 13.2. The Morgan fingerprint density at radius 1 is 1.25 bits per heavy atom. The zero-order chi connectivity index (χ0) is 18.5. The number of amides is 2. The van der Waals surface area contributed by atoms with Crippen molar-refractivity contribution in [3.63, 3.8) is 0 Å². The number of carbonyl (C=O) groups excluding carboxylic acids is 2. The zero-order valence-corrected chi connectivity index (χ0v) is 17.4. The maximum atomic E-state index is 13.2. The number of alkyl carbamates (subject to hydrolysis) is 1. The third-order valence-corrected chi connectivity index (χ3v) is 7.50. The van der Waals surface area contributed by atoms with Crippen LogP contribution in [-0.4, -0.2) is 61.8 Å². The molecule has 5 heterocycles. The van der Waals surface area contributed by atoms with Crippen molar-refractivity contribution in [1.29, 1.82) is 0 Å². The van der Waals surface area contributed by atoms with Crippen LogP contribution in [-0.2, 0) is 21.5 Å². The summed E-state index contributed by atoms with van der Waals surface area (Å²) < 4.78 is 11.7. The summed E-state index contributed by atoms with van der Waals surface area (Å²) in [5.74, 6) is 0.0560. The zero-order valence-electron chi connectivity index (χ0n) is 15.8. The molecule has 5 rings (SSSR count). The SMILES string of the molecule is Cl.O=C1NCC2(CCCN(C(=O)c3cc4c(s3)CCOC43CCNCC3)C2)O1. The first-order valence-corrected chi connectivity index (χ1v) is 10.6. The van der Waals surface area contributed by atoms with Crippen LogP contribution in [0.25, 0.3) is 0 Å². The largest absolute Gasteiger partial charge is 0.439 e. The number of hydrogen-bond acceptors (Lipinski definition) is 6. The average molecular weight is 428 g/mol. The second-order valence-corrected chi connectivity index (χ2v) is 9.18. The van der Waals surface area contributed by atoms with E-state index in [4.69, 9.17) is 9.47 Å². The summed E-state index contributed by atoms with van der Waals surface area (Å²) in [6.45, 7) is 4.30. The number of halogens is 1. The predicted molar refractivity (Wildman–Crippen MR) is 107 cm³/mol. The highest BCUT2D eigenvalue weighted by Gasteiger charge is 2.46. The molecule has 9 heteroatoms. The highest BCUT2D eigenvalue weighted by atomic mass is 35.5. The number of nitrogens with one attached hydrogen (secondary N) is 2. The van der Waals surface area contributed by atoms with Crippen LogP contribution in [0.1, 0.15) is 45.8 Å². The first-order chi connectivity index (χ1) is 13.1. The number of fused-ring (bicyclic) bond motifs is 2. The van der Waals surface area contributed by atoms with Gasteiger partial charge in [-0.3, -0.25) is 4.79 Å². The lowest BCUT2D eigenvalue weighted by molar-refractivity contribution is -0.0792. The molecule has 7 nitrogen and oxygen atoms in total. The van der Waals surface area contributed by atoms with E-state index in [1.807, 2.05) is 4.90 Å². The van der Waals surface area contributed by atoms with Crippen LogP contribution in [0.3, 0.4) is 0 Å². The lowest BCUT2D eigenvalue weighted by Gasteiger charge is -2.40. The van der Waals surface area contributed by atoms with Gasteiger partial charge in [0.1, 0.15) is 5.60 Å². The highest BCUT2D eigenvalue weighted by molar-refractivity contribution is 7.14. The van der Waals surface area contributed by atoms with Gasteiger partial charge in [0.2, 0.25) is 0 Å². The molecule has 2 amide bonds. The topological polar surface area (TPSA) is 79.9 Å². The Labute approximate surface area is 174 Å². The third kappa shape index (κ3) is 3.30. The van der Waals surface area contributed by atoms with Gasteiger partial charge in [-0.15, -0.1) is 23.7 Å². The minimum Gasteiger partial charge on any atom is -0.439 e. The van der Waals surface area contributed by atoms with Crippen LogP contribution in [0, 0.1) is 0 Å². The lowest BCUT2D eigenvalue weighted by atomic mass is 9.83. The van der Waals surface area contributed by atoms with Crippen molar-refractivity contribution in [3.8, 4) is 0 Å². The van der Waals surface area contributed by atoms with Crippen molar-refractivity contribution in [3.05, 3.63) is 21.4 Å². The van der Waals surface area contributed by atoms with E-state index < -0.39 is 5.60 Å². The summed E-state index contributed by atoms with van der Waals surface area (Å²) in [5.41, 5.74) is 0.452. The van der Waals surface area contributed by atoms with Crippen LogP contribution >= 0.6 is 23.7 Å². The van der Waals surface area contributed by atoms with Crippen molar-refractivity contribution in [1.82, 2.24) is 15.5 Å². The maximum Gasteiger partial charge on any atom is 0.407 e. The van der Waals surface area contributed by atoms with Crippen LogP contribution in [0.5, 0.6) is 0 Å². The molecule has 3 saturated heterocycles. The van der Waals surface area contributed by atoms with E-state index in [1.165, 1.54) is 10.4 Å². The molecule has 1 aromatic heterocycles. The Bertz CT molecular complexity index is 779. The Kier molecular flexibility index (Phi) is 5.33. The third-order valence-electron chi connectivity index (χ3n) is 6.32. The Morgan fingerprint density at radius 2 is 2.07 bits per heavy atom. The number of hydrogen-bond donors (Lipinski definition) is 2. The second kappa shape index (κ2) is 7.48. The summed E-state index contributed by atoms with van der Waals surface area (Å²) >= 11 is 1.62. The summed E-state index contributed by atoms with van der Waals surface area (Å²) in [6.07, 6.45) is 4.08. The lowest BCUT2D eigenvalue weighted by Crippen LogP contribution is -2.52. The first-order valence-electron chi connectivity index (χ1n) is 9.83. The number of thiophene rings is 1. The molecule has 28 heavy (non-hydrogen) atoms. The van der Waals surface area contributed by atoms with Gasteiger partial charge < -0.3 is 25.0 Å². The van der Waals surface area contributed by atoms with E-state index in [-0.39, 0.29) is 30.0 Å². The molecule has 1 unspecified atom stereocenters. The molecule has 2 N–H and O–H groups in total. The first kappa shape index (κ1) is 19.9. The second-order valence-electron chi connectivity index (χ2n) is 8.05. The van der Waals surface area contributed by atoms with E-state index in [1.54, 1.807) is 11.3 Å². The fourth-order valence-electron chi connectivity index (χ4n) is 4.92. The van der Waals surface area contributed by atoms with Crippen molar-refractivity contribution in [2.24, 2.45) is 0 Å². The predicted octanol–water partition coefficient (Wildman–Crippen LogP) is 2.04. The van der Waals surface area contributed by atoms with Crippen LogP contribution < -0.4 is 10.6 Å². The standard InChI is InChI=1S/C19H25N3O4S.ClH/c23-16(22-8-1-3-18(12-22)11-21-17(24)26-18)15-10-13-14(27-15)2-9-25-19(13)4-6-20-7-5-19;/h10,20H,1-9,11-12H2,(H,21,24);1H. The van der Waals surface area contributed by atoms with E-state index in [0.29, 0.717) is 19.6 Å². The summed E-state index contributed by atoms with van der Waals surface area (Å²) in [6, 6.07) is 2.08. The van der Waals surface area contributed by atoms with Crippen LogP contribution in [0.2, 0.25) is 0 Å². The monoisotopic (exact) mass is 427 g/mol. The molecule has 2 spiro atoms. The van der Waals surface area contributed by atoms with Gasteiger partial charge in [-0.1, -0.05) is 0 Å². The molecule has 154 valence electrons. The minimum absolute atomic E-state index is 0. The van der Waals surface area contributed by atoms with E-state index in [0.717, 1.165) is 56.7 Å². The van der Waals surface area contributed by atoms with Crippen molar-refractivity contribution >= 4 is 35.7 Å². The molecule has 4 aliphatic heterocycles. The number of ether oxygens (including phenoxy) is 2. The fraction of sp³-hybridized carbons (Fsp3) is 0.684. The Hall–Kier alpha value is -1.35. The number of piperidine rings is 2. The van der Waals surface area contributed by atoms with Gasteiger partial charge in [0.25, 0.3) is 5.91 Å². The average Bonchev–Trinajstić information content (AvgIpc) is 3.27. The van der Waals surface area contributed by atoms with Gasteiger partial charge in [0, 0.05) is 17.8 Å². The highest BCUT2D eigenvalue weighted by Crippen LogP contribution is 2.44. The normalized spacial score (nSPS) is 28.4. The molecule has 0 bridgehead atoms. The van der Waals surface area contributed by atoms with E-state index in [9.17, 15) is 9.59 Å². The van der Waals surface area contributed by atoms with Gasteiger partial charge >= 0.3 is 6.09 Å². The number of carbonyl (C=O) groups is 2. The molecule has 0 saturated carbocycles. The molecule has 1 atom stereocenters. The fourth-order valence-corrected chi connectivity index (χ4v) is 6.12. The van der Waals surface area contributed by atoms with Crippen molar-refractivity contribution in [2.45, 2.75) is 43.3 Å². The summed E-state index contributed by atoms with van der Waals surface area (Å²) in [5, 5.41) is 6.14. The molecular formula is C19H26ClN3O4S. The number of likely N-dealkylation sites (tertiary alicyclic amines) is 1. The quantitative estimate of drug-likeness (QED) is 0.716. The van der Waals surface area contributed by atoms with Gasteiger partial charge in [-0.2, -0.15) is 0 Å². The van der Waals surface area contributed by atoms with Gasteiger partial charge in [-0.25, -0.2) is 4.79 Å². The molecule has 0 radical (unpaired) electrons. The van der Waals surface area contributed by atoms with Crippen LogP contribution in [0.4, 0.5) is 4.79 Å². The van der Waals surface area contributed by atoms with E-state index in [2.05, 4.69) is 16.7 Å². The van der Waals surface area contributed by atoms with Crippen LogP contribution in [0.15, 0.2) is 6.07 Å². The molecule has 1 aromatic rings. The van der Waals surface area contributed by atoms with Gasteiger partial charge in [-0.05, 0) is 50.4 Å². The molecule has 4 aliphatic rings. The van der Waals surface area contributed by atoms with Crippen molar-refractivity contribution in [2.75, 3.05) is 39.3 Å². The molecule has 3 fully saturated rings. The smallest absolute Gasteiger partial charge is 0.407 e. The summed E-state index contributed by atoms with van der Waals surface area (Å²) in [4.78, 5) is 28.7. The number of rotatable bonds is 1. The minimum atomic E-state index is -0.554. The van der Waals surface area contributed by atoms with Crippen molar-refractivity contribution < 1.29 is 19.1 Å².